The first kappa shape index (κ1) is 10.4. The van der Waals surface area contributed by atoms with Gasteiger partial charge in [-0.15, -0.1) is 11.3 Å². The molecule has 0 fully saturated rings. The summed E-state index contributed by atoms with van der Waals surface area (Å²) < 4.78 is 0. The van der Waals surface area contributed by atoms with E-state index in [0.29, 0.717) is 6.54 Å². The number of nitrogens with two attached hydrogens (primary N) is 1. The number of imidazole rings is 1. The summed E-state index contributed by atoms with van der Waals surface area (Å²) in [7, 11) is 0. The maximum atomic E-state index is 5.62. The molecule has 3 aromatic rings. The number of hydrogen-bond acceptors (Lipinski definition) is 4. The van der Waals surface area contributed by atoms with Crippen LogP contribution in [0.25, 0.3) is 21.7 Å². The lowest BCUT2D eigenvalue weighted by molar-refractivity contribution is 1.07. The van der Waals surface area contributed by atoms with Crippen LogP contribution in [0.1, 0.15) is 10.6 Å². The van der Waals surface area contributed by atoms with Crippen molar-refractivity contribution in [2.75, 3.05) is 0 Å². The third-order valence-corrected chi connectivity index (χ3v) is 3.56. The van der Waals surface area contributed by atoms with Crippen molar-refractivity contribution in [2.45, 2.75) is 13.5 Å². The summed E-state index contributed by atoms with van der Waals surface area (Å²) in [6.07, 6.45) is 1.85. The molecule has 2 aromatic heterocycles. The standard InChI is InChI=1S/C12H12N4S/c1-7-14-6-11(17-7)12-15-9-3-2-8(5-13)4-10(9)16-12/h2-4,6H,5,13H2,1H3,(H,15,16). The first-order chi connectivity index (χ1) is 8.26. The Hall–Kier alpha value is -1.72. The molecule has 0 saturated heterocycles. The lowest BCUT2D eigenvalue weighted by Crippen LogP contribution is -1.95. The van der Waals surface area contributed by atoms with Gasteiger partial charge in [-0.3, -0.25) is 0 Å². The number of hydrogen-bond donors (Lipinski definition) is 2. The number of aromatic nitrogens is 3. The van der Waals surface area contributed by atoms with E-state index in [1.54, 1.807) is 11.3 Å². The number of benzene rings is 1. The van der Waals surface area contributed by atoms with Crippen molar-refractivity contribution in [1.29, 1.82) is 0 Å². The van der Waals surface area contributed by atoms with Crippen molar-refractivity contribution in [3.8, 4) is 10.7 Å². The van der Waals surface area contributed by atoms with Gasteiger partial charge < -0.3 is 10.7 Å². The predicted molar refractivity (Wildman–Crippen MR) is 69.8 cm³/mol. The SMILES string of the molecule is Cc1ncc(-c2nc3ccc(CN)cc3[nH]2)s1. The van der Waals surface area contributed by atoms with Crippen LogP contribution in [0, 0.1) is 6.92 Å². The highest BCUT2D eigenvalue weighted by Crippen LogP contribution is 2.25. The molecule has 86 valence electrons. The van der Waals surface area contributed by atoms with E-state index in [2.05, 4.69) is 15.0 Å². The predicted octanol–water partition coefficient (Wildman–Crippen LogP) is 2.45. The van der Waals surface area contributed by atoms with Gasteiger partial charge in [-0.05, 0) is 24.6 Å². The third kappa shape index (κ3) is 1.83. The Morgan fingerprint density at radius 3 is 3.00 bits per heavy atom. The maximum absolute atomic E-state index is 5.62. The molecule has 0 unspecified atom stereocenters. The van der Waals surface area contributed by atoms with Gasteiger partial charge in [-0.25, -0.2) is 9.97 Å². The van der Waals surface area contributed by atoms with Gasteiger partial charge in [0.15, 0.2) is 0 Å². The molecule has 4 nitrogen and oxygen atoms in total. The number of aromatic amines is 1. The highest BCUT2D eigenvalue weighted by Gasteiger charge is 2.08. The number of thiazole rings is 1. The van der Waals surface area contributed by atoms with Crippen LogP contribution in [0.15, 0.2) is 24.4 Å². The zero-order valence-electron chi connectivity index (χ0n) is 9.40. The normalized spacial score (nSPS) is 11.2. The van der Waals surface area contributed by atoms with E-state index in [1.165, 1.54) is 0 Å². The van der Waals surface area contributed by atoms with Crippen LogP contribution in [0.2, 0.25) is 0 Å². The summed E-state index contributed by atoms with van der Waals surface area (Å²) >= 11 is 1.64. The Labute approximate surface area is 103 Å². The number of nitrogens with zero attached hydrogens (tertiary/aromatic N) is 2. The largest absolute Gasteiger partial charge is 0.337 e. The van der Waals surface area contributed by atoms with E-state index >= 15 is 0 Å². The molecule has 2 heterocycles. The molecule has 1 aromatic carbocycles. The molecule has 0 radical (unpaired) electrons. The van der Waals surface area contributed by atoms with E-state index in [1.807, 2.05) is 31.3 Å². The van der Waals surface area contributed by atoms with Gasteiger partial charge in [0.25, 0.3) is 0 Å². The molecule has 17 heavy (non-hydrogen) atoms. The van der Waals surface area contributed by atoms with Crippen LogP contribution < -0.4 is 5.73 Å². The van der Waals surface area contributed by atoms with Gasteiger partial charge in [-0.2, -0.15) is 0 Å². The number of fused-ring (bicyclic) bond motifs is 1. The smallest absolute Gasteiger partial charge is 0.150 e. The van der Waals surface area contributed by atoms with Crippen molar-refractivity contribution in [3.63, 3.8) is 0 Å². The summed E-state index contributed by atoms with van der Waals surface area (Å²) in [4.78, 5) is 13.1. The minimum atomic E-state index is 0.546. The topological polar surface area (TPSA) is 67.6 Å². The Balaban J connectivity index is 2.13. The average Bonchev–Trinajstić information content (AvgIpc) is 2.93. The molecule has 0 bridgehead atoms. The summed E-state index contributed by atoms with van der Waals surface area (Å²) in [5.41, 5.74) is 8.71. The molecule has 0 aliphatic heterocycles. The number of H-pyrrole nitrogens is 1. The van der Waals surface area contributed by atoms with Crippen LogP contribution in [0.5, 0.6) is 0 Å². The molecule has 3 N–H and O–H groups in total. The minimum absolute atomic E-state index is 0.546. The molecule has 0 aliphatic rings. The lowest BCUT2D eigenvalue weighted by atomic mass is 10.2. The summed E-state index contributed by atoms with van der Waals surface area (Å²) in [5, 5.41) is 1.04. The molecule has 0 amide bonds. The molecule has 0 aliphatic carbocycles. The van der Waals surface area contributed by atoms with Gasteiger partial charge in [0.05, 0.1) is 20.9 Å². The van der Waals surface area contributed by atoms with Crippen LogP contribution in [-0.4, -0.2) is 15.0 Å². The van der Waals surface area contributed by atoms with E-state index in [-0.39, 0.29) is 0 Å². The monoisotopic (exact) mass is 244 g/mol. The fourth-order valence-corrected chi connectivity index (χ4v) is 2.49. The van der Waals surface area contributed by atoms with Crippen LogP contribution >= 0.6 is 11.3 Å². The lowest BCUT2D eigenvalue weighted by Gasteiger charge is -1.94. The number of nitrogens with one attached hydrogen (secondary N) is 1. The molecular weight excluding hydrogens is 232 g/mol. The number of rotatable bonds is 2. The van der Waals surface area contributed by atoms with Gasteiger partial charge >= 0.3 is 0 Å². The Morgan fingerprint density at radius 2 is 2.29 bits per heavy atom. The molecule has 0 atom stereocenters. The minimum Gasteiger partial charge on any atom is -0.337 e. The highest BCUT2D eigenvalue weighted by atomic mass is 32.1. The van der Waals surface area contributed by atoms with Crippen molar-refractivity contribution in [1.82, 2.24) is 15.0 Å². The Kier molecular flexibility index (Phi) is 2.42. The third-order valence-electron chi connectivity index (χ3n) is 2.64. The first-order valence-corrected chi connectivity index (χ1v) is 6.19. The van der Waals surface area contributed by atoms with Gasteiger partial charge in [0.1, 0.15) is 5.82 Å². The van der Waals surface area contributed by atoms with E-state index in [9.17, 15) is 0 Å². The van der Waals surface area contributed by atoms with Gasteiger partial charge in [0, 0.05) is 12.7 Å². The molecule has 0 spiro atoms. The first-order valence-electron chi connectivity index (χ1n) is 5.38. The van der Waals surface area contributed by atoms with E-state index in [4.69, 9.17) is 5.73 Å². The average molecular weight is 244 g/mol. The van der Waals surface area contributed by atoms with Crippen LogP contribution in [0.4, 0.5) is 0 Å². The summed E-state index contributed by atoms with van der Waals surface area (Å²) in [6.45, 7) is 2.54. The fraction of sp³-hybridized carbons (Fsp3) is 0.167. The fourth-order valence-electron chi connectivity index (χ4n) is 1.77. The van der Waals surface area contributed by atoms with Crippen molar-refractivity contribution in [2.24, 2.45) is 5.73 Å². The zero-order valence-corrected chi connectivity index (χ0v) is 10.2. The summed E-state index contributed by atoms with van der Waals surface area (Å²) in [6, 6.07) is 6.04. The van der Waals surface area contributed by atoms with Gasteiger partial charge in [-0.1, -0.05) is 6.07 Å². The van der Waals surface area contributed by atoms with Crippen molar-refractivity contribution >= 4 is 22.4 Å². The number of aryl methyl sites for hydroxylation is 1. The quantitative estimate of drug-likeness (QED) is 0.727. The second kappa shape index (κ2) is 3.94. The second-order valence-electron chi connectivity index (χ2n) is 3.88. The van der Waals surface area contributed by atoms with Crippen molar-refractivity contribution < 1.29 is 0 Å². The van der Waals surface area contributed by atoms with E-state index in [0.717, 1.165) is 32.3 Å². The molecule has 0 saturated carbocycles. The highest BCUT2D eigenvalue weighted by molar-refractivity contribution is 7.14. The van der Waals surface area contributed by atoms with Gasteiger partial charge in [0.2, 0.25) is 0 Å². The Morgan fingerprint density at radius 1 is 1.41 bits per heavy atom. The molecule has 3 rings (SSSR count). The van der Waals surface area contributed by atoms with Crippen LogP contribution in [0.3, 0.4) is 0 Å². The van der Waals surface area contributed by atoms with E-state index < -0.39 is 0 Å². The summed E-state index contributed by atoms with van der Waals surface area (Å²) in [5.74, 6) is 0.875. The maximum Gasteiger partial charge on any atom is 0.150 e. The van der Waals surface area contributed by atoms with Crippen LogP contribution in [-0.2, 0) is 6.54 Å². The second-order valence-corrected chi connectivity index (χ2v) is 5.12. The molecular formula is C12H12N4S. The van der Waals surface area contributed by atoms with Crippen molar-refractivity contribution in [3.05, 3.63) is 35.0 Å². The Bertz CT molecular complexity index is 668. The molecule has 5 heteroatoms. The zero-order chi connectivity index (χ0) is 11.8.